The van der Waals surface area contributed by atoms with Gasteiger partial charge in [-0.2, -0.15) is 0 Å². The fourth-order valence-corrected chi connectivity index (χ4v) is 10.6. The Morgan fingerprint density at radius 3 is 1.00 bits per heavy atom. The normalized spacial score (nSPS) is 19.9. The summed E-state index contributed by atoms with van der Waals surface area (Å²) in [6.07, 6.45) is 1.54. The topological polar surface area (TPSA) is 286 Å². The lowest BCUT2D eigenvalue weighted by Gasteiger charge is -2.39. The van der Waals surface area contributed by atoms with Crippen molar-refractivity contribution in [3.05, 3.63) is 105 Å². The molecule has 8 bridgehead atoms. The van der Waals surface area contributed by atoms with Crippen molar-refractivity contribution in [3.8, 4) is 23.0 Å². The van der Waals surface area contributed by atoms with E-state index in [1.807, 2.05) is 41.5 Å². The smallest absolute Gasteiger partial charge is 0.407 e. The van der Waals surface area contributed by atoms with E-state index in [1.165, 1.54) is 0 Å². The lowest BCUT2D eigenvalue weighted by atomic mass is 9.90. The van der Waals surface area contributed by atoms with Crippen molar-refractivity contribution in [1.29, 1.82) is 0 Å². The van der Waals surface area contributed by atoms with Gasteiger partial charge in [-0.15, -0.1) is 0 Å². The van der Waals surface area contributed by atoms with Crippen LogP contribution in [0.3, 0.4) is 0 Å². The zero-order chi connectivity index (χ0) is 63.8. The molecule has 2 saturated heterocycles. The van der Waals surface area contributed by atoms with Crippen LogP contribution in [0.4, 0.5) is 21.0 Å². The molecule has 7 rings (SSSR count). The Morgan fingerprint density at radius 2 is 0.716 bits per heavy atom. The number of fused-ring (bicyclic) bond motifs is 8. The summed E-state index contributed by atoms with van der Waals surface area (Å²) < 4.78 is 38.6. The van der Waals surface area contributed by atoms with Gasteiger partial charge in [-0.05, 0) is 125 Å². The third-order valence-electron chi connectivity index (χ3n) is 14.6. The van der Waals surface area contributed by atoms with Gasteiger partial charge in [-0.25, -0.2) is 9.59 Å². The molecule has 1 aliphatic carbocycles. The average molecular weight is 1220 g/mol. The second-order valence-electron chi connectivity index (χ2n) is 26.9. The Balaban J connectivity index is 1.26. The van der Waals surface area contributed by atoms with Crippen molar-refractivity contribution >= 4 is 23.6 Å². The van der Waals surface area contributed by atoms with E-state index in [-0.39, 0.29) is 10.8 Å². The molecule has 2 amide bonds. The molecule has 3 aliphatic rings. The fraction of sp³-hybridized carbons (Fsp3) is 0.606. The number of alkyl carbamates (subject to hydrolysis) is 2. The van der Waals surface area contributed by atoms with Crippen molar-refractivity contribution in [2.45, 2.75) is 197 Å². The van der Waals surface area contributed by atoms with Gasteiger partial charge >= 0.3 is 12.2 Å². The van der Waals surface area contributed by atoms with E-state index < -0.39 is 61.1 Å². The van der Waals surface area contributed by atoms with Crippen LogP contribution in [0.5, 0.6) is 23.0 Å². The van der Waals surface area contributed by atoms with E-state index in [1.54, 1.807) is 0 Å². The lowest BCUT2D eigenvalue weighted by Crippen LogP contribution is -2.75. The molecule has 6 atom stereocenters. The number of amides is 2. The number of nitrogens with two attached hydrogens (primary N) is 2. The van der Waals surface area contributed by atoms with E-state index in [4.69, 9.17) is 39.9 Å². The summed E-state index contributed by atoms with van der Waals surface area (Å²) in [6, 6.07) is 21.6. The molecule has 2 fully saturated rings. The van der Waals surface area contributed by atoms with E-state index in [0.29, 0.717) is 78.3 Å². The van der Waals surface area contributed by atoms with Crippen LogP contribution < -0.4 is 94.2 Å². The molecule has 22 heteroatoms. The molecule has 4 aromatic carbocycles. The third kappa shape index (κ3) is 21.5. The monoisotopic (exact) mass is 1220 g/mol. The molecule has 4 aromatic rings. The summed E-state index contributed by atoms with van der Waals surface area (Å²) in [5.74, 6) is 3.32. The number of carbonyl (C=O) groups excluding carboxylic acids is 2. The average Bonchev–Trinajstić information content (AvgIpc) is 2.64. The Hall–Kier alpha value is -6.18. The maximum Gasteiger partial charge on any atom is 0.407 e. The Kier molecular flexibility index (Phi) is 24.8. The van der Waals surface area contributed by atoms with Gasteiger partial charge in [0.15, 0.2) is 0 Å². The minimum atomic E-state index is -0.594. The SMILES string of the molecule is CCCOc1c2cccc1Cc1cc(NC3NC(N)NC(NCC(C)(C)CNC(=O)OC(C)(C)C)N3)cc(c1OCCC)Cc1cccc(c1OCCC)Cc1cc(NC3NC(N)NC(NCC(C)(C)CNC(=O)OC(C)(C)C)N3)cc(c1OCCC)C2. The van der Waals surface area contributed by atoms with Crippen molar-refractivity contribution in [3.63, 3.8) is 0 Å². The second-order valence-corrected chi connectivity index (χ2v) is 26.9. The molecule has 2 heterocycles. The predicted molar refractivity (Wildman–Crippen MR) is 349 cm³/mol. The van der Waals surface area contributed by atoms with Gasteiger partial charge in [-0.3, -0.25) is 42.5 Å². The second kappa shape index (κ2) is 31.5. The summed E-state index contributed by atoms with van der Waals surface area (Å²) in [5, 5.41) is 41.3. The van der Waals surface area contributed by atoms with E-state index in [0.717, 1.165) is 105 Å². The molecule has 2 aliphatic heterocycles. The van der Waals surface area contributed by atoms with E-state index in [2.05, 4.69) is 180 Å². The molecule has 88 heavy (non-hydrogen) atoms. The first-order valence-electron chi connectivity index (χ1n) is 31.8. The summed E-state index contributed by atoms with van der Waals surface area (Å²) in [7, 11) is 0. The molecule has 0 aromatic heterocycles. The van der Waals surface area contributed by atoms with Crippen LogP contribution in [0.1, 0.15) is 167 Å². The summed E-state index contributed by atoms with van der Waals surface area (Å²) in [6.45, 7) is 31.9. The summed E-state index contributed by atoms with van der Waals surface area (Å²) in [5.41, 5.74) is 21.2. The Bertz CT molecular complexity index is 2630. The van der Waals surface area contributed by atoms with Gasteiger partial charge in [0.1, 0.15) is 71.9 Å². The number of para-hydroxylation sites is 2. The van der Waals surface area contributed by atoms with Crippen LogP contribution in [0, 0.1) is 10.8 Å². The largest absolute Gasteiger partial charge is 0.493 e. The minimum absolute atomic E-state index is 0.330. The number of carbonyl (C=O) groups is 2. The van der Waals surface area contributed by atoms with Crippen molar-refractivity contribution in [2.75, 3.05) is 63.2 Å². The number of anilines is 2. The standard InChI is InChI=1S/C66H106N14O8/c1-15-25-83-51-41-21-19-22-42(51)30-46-34-50(74-60-78-56(68)76-58(80-60)70-38-66(13,14)40-72-62(82)88-64(8,9)10)36-48(54(46)86-28-18-4)32-44-24-20-23-43(52(44)84-26-16-2)31-47-35-49(33-45(29-41)53(47)85-27-17-3)73-59-77-55(67)75-57(79-59)69-37-65(11,12)39-71-61(81)87-63(5,6)7/h19-24,33-36,55-60,69-70,73-80H,15-18,25-32,37-40,67-68H2,1-14H3,(H,71,81)(H,72,82). The van der Waals surface area contributed by atoms with Crippen LogP contribution >= 0.6 is 0 Å². The number of rotatable bonds is 26. The van der Waals surface area contributed by atoms with Gasteiger partial charge in [0.05, 0.1) is 26.4 Å². The van der Waals surface area contributed by atoms with Gasteiger partial charge < -0.3 is 61.2 Å². The van der Waals surface area contributed by atoms with Gasteiger partial charge in [0.25, 0.3) is 0 Å². The maximum atomic E-state index is 12.5. The highest BCUT2D eigenvalue weighted by Crippen LogP contribution is 2.41. The van der Waals surface area contributed by atoms with Crippen LogP contribution in [-0.2, 0) is 35.2 Å². The van der Waals surface area contributed by atoms with E-state index >= 15 is 0 Å². The fourth-order valence-electron chi connectivity index (χ4n) is 10.6. The molecule has 0 saturated carbocycles. The minimum Gasteiger partial charge on any atom is -0.493 e. The van der Waals surface area contributed by atoms with Crippen molar-refractivity contribution in [2.24, 2.45) is 22.3 Å². The quantitative estimate of drug-likeness (QED) is 0.0251. The first-order chi connectivity index (χ1) is 41.7. The van der Waals surface area contributed by atoms with Crippen LogP contribution in [0.2, 0.25) is 0 Å². The first kappa shape index (κ1) is 69.3. The molecule has 0 spiro atoms. The van der Waals surface area contributed by atoms with Crippen LogP contribution in [0.15, 0.2) is 60.7 Å². The predicted octanol–water partition coefficient (Wildman–Crippen LogP) is 7.81. The molecular weight excluding hydrogens is 1120 g/mol. The molecule has 16 N–H and O–H groups in total. The molecule has 6 unspecified atom stereocenters. The highest BCUT2D eigenvalue weighted by molar-refractivity contribution is 5.68. The molecular formula is C66H106N14O8. The van der Waals surface area contributed by atoms with Gasteiger partial charge in [0, 0.05) is 85.5 Å². The molecule has 488 valence electrons. The summed E-state index contributed by atoms with van der Waals surface area (Å²) >= 11 is 0. The van der Waals surface area contributed by atoms with Crippen LogP contribution in [0.25, 0.3) is 0 Å². The molecule has 0 radical (unpaired) electrons. The van der Waals surface area contributed by atoms with Gasteiger partial charge in [-0.1, -0.05) is 91.8 Å². The number of hydrogen-bond donors (Lipinski definition) is 14. The zero-order valence-corrected chi connectivity index (χ0v) is 55.0. The Labute approximate surface area is 523 Å². The van der Waals surface area contributed by atoms with Crippen molar-refractivity contribution in [1.82, 2.24) is 53.2 Å². The Morgan fingerprint density at radius 1 is 0.432 bits per heavy atom. The number of benzene rings is 4. The molecule has 22 nitrogen and oxygen atoms in total. The summed E-state index contributed by atoms with van der Waals surface area (Å²) in [4.78, 5) is 25.1. The highest BCUT2D eigenvalue weighted by Gasteiger charge is 2.32. The van der Waals surface area contributed by atoms with Gasteiger partial charge in [0.2, 0.25) is 0 Å². The lowest BCUT2D eigenvalue weighted by molar-refractivity contribution is 0.0493. The first-order valence-corrected chi connectivity index (χ1v) is 31.8. The number of hydrogen-bond acceptors (Lipinski definition) is 20. The maximum absolute atomic E-state index is 12.5. The number of nitrogens with one attached hydrogen (secondary N) is 12. The third-order valence-corrected chi connectivity index (χ3v) is 14.6. The van der Waals surface area contributed by atoms with Crippen LogP contribution in [-0.4, -0.2) is 114 Å². The highest BCUT2D eigenvalue weighted by atomic mass is 16.6. The van der Waals surface area contributed by atoms with E-state index in [9.17, 15) is 9.59 Å². The zero-order valence-electron chi connectivity index (χ0n) is 55.0. The number of ether oxygens (including phenoxy) is 6. The van der Waals surface area contributed by atoms with Crippen molar-refractivity contribution < 1.29 is 38.0 Å².